The van der Waals surface area contributed by atoms with Gasteiger partial charge in [-0.1, -0.05) is 30.3 Å². The molecule has 0 radical (unpaired) electrons. The molecule has 8 heteroatoms. The van der Waals surface area contributed by atoms with Crippen LogP contribution in [0.1, 0.15) is 44.5 Å². The van der Waals surface area contributed by atoms with Gasteiger partial charge in [0.1, 0.15) is 5.60 Å². The molecule has 1 aromatic heterocycles. The highest BCUT2D eigenvalue weighted by Crippen LogP contribution is 2.12. The molecule has 1 aromatic carbocycles. The van der Waals surface area contributed by atoms with Crippen molar-refractivity contribution in [2.45, 2.75) is 52.9 Å². The quantitative estimate of drug-likeness (QED) is 0.311. The molecule has 31 heavy (non-hydrogen) atoms. The second-order valence-corrected chi connectivity index (χ2v) is 8.02. The Hall–Kier alpha value is -2.36. The number of ether oxygens (including phenoxy) is 1. The Morgan fingerprint density at radius 1 is 1.10 bits per heavy atom. The molecule has 1 amide bonds. The smallest absolute Gasteiger partial charge is 0.410 e. The van der Waals surface area contributed by atoms with Crippen LogP contribution in [0.3, 0.4) is 0 Å². The standard InChI is InChI=1S/C23H33N5O2.HI/c1-6-24-21(27-16-20-9-7-8-14-25-20)26-15-18-10-12-19(13-11-18)17-28(5)22(29)30-23(2,3)4;/h7-14H,6,15-17H2,1-5H3,(H2,24,26,27);1H. The minimum atomic E-state index is -0.498. The Morgan fingerprint density at radius 2 is 1.77 bits per heavy atom. The number of amides is 1. The average Bonchev–Trinajstić information content (AvgIpc) is 2.70. The van der Waals surface area contributed by atoms with Gasteiger partial charge < -0.3 is 20.3 Å². The SMILES string of the molecule is CCNC(=NCc1ccc(CN(C)C(=O)OC(C)(C)C)cc1)NCc1ccccn1.I. The summed E-state index contributed by atoms with van der Waals surface area (Å²) in [5.74, 6) is 0.747. The molecule has 0 aliphatic heterocycles. The summed E-state index contributed by atoms with van der Waals surface area (Å²) in [5, 5.41) is 6.54. The first-order chi connectivity index (χ1) is 14.3. The fourth-order valence-corrected chi connectivity index (χ4v) is 2.62. The molecule has 1 heterocycles. The van der Waals surface area contributed by atoms with Gasteiger partial charge in [0.05, 0.1) is 18.8 Å². The minimum Gasteiger partial charge on any atom is -0.444 e. The Bertz CT molecular complexity index is 820. The summed E-state index contributed by atoms with van der Waals surface area (Å²) in [6.45, 7) is 10.1. The molecule has 0 aliphatic carbocycles. The Morgan fingerprint density at radius 3 is 2.35 bits per heavy atom. The molecule has 0 saturated carbocycles. The molecule has 0 unspecified atom stereocenters. The van der Waals surface area contributed by atoms with Crippen molar-refractivity contribution in [2.24, 2.45) is 4.99 Å². The fraction of sp³-hybridized carbons (Fsp3) is 0.435. The predicted octanol–water partition coefficient (Wildman–Crippen LogP) is 4.32. The van der Waals surface area contributed by atoms with Crippen molar-refractivity contribution in [1.29, 1.82) is 0 Å². The van der Waals surface area contributed by atoms with Gasteiger partial charge in [-0.25, -0.2) is 9.79 Å². The topological polar surface area (TPSA) is 78.9 Å². The summed E-state index contributed by atoms with van der Waals surface area (Å²) in [4.78, 5) is 22.6. The van der Waals surface area contributed by atoms with Gasteiger partial charge in [0, 0.05) is 26.3 Å². The molecular formula is C23H34IN5O2. The maximum Gasteiger partial charge on any atom is 0.410 e. The van der Waals surface area contributed by atoms with Crippen LogP contribution in [-0.2, 0) is 24.4 Å². The number of benzene rings is 1. The third kappa shape index (κ3) is 10.5. The number of nitrogens with zero attached hydrogens (tertiary/aromatic N) is 3. The zero-order valence-corrected chi connectivity index (χ0v) is 21.3. The van der Waals surface area contributed by atoms with Gasteiger partial charge in [-0.05, 0) is 51.0 Å². The van der Waals surface area contributed by atoms with Crippen molar-refractivity contribution >= 4 is 36.0 Å². The van der Waals surface area contributed by atoms with Crippen molar-refractivity contribution < 1.29 is 9.53 Å². The zero-order valence-electron chi connectivity index (χ0n) is 19.0. The van der Waals surface area contributed by atoms with E-state index < -0.39 is 5.60 Å². The summed E-state index contributed by atoms with van der Waals surface area (Å²) in [6, 6.07) is 13.9. The van der Waals surface area contributed by atoms with Gasteiger partial charge in [-0.2, -0.15) is 0 Å². The Kier molecular flexibility index (Phi) is 11.3. The van der Waals surface area contributed by atoms with E-state index in [4.69, 9.17) is 4.74 Å². The molecule has 2 rings (SSSR count). The van der Waals surface area contributed by atoms with Crippen LogP contribution in [-0.4, -0.2) is 41.1 Å². The van der Waals surface area contributed by atoms with Crippen LogP contribution >= 0.6 is 24.0 Å². The highest BCUT2D eigenvalue weighted by Gasteiger charge is 2.19. The number of guanidine groups is 1. The molecule has 170 valence electrons. The van der Waals surface area contributed by atoms with Gasteiger partial charge >= 0.3 is 6.09 Å². The number of halogens is 1. The Labute approximate surface area is 202 Å². The first kappa shape index (κ1) is 26.7. The minimum absolute atomic E-state index is 0. The number of hydrogen-bond acceptors (Lipinski definition) is 4. The molecule has 0 aliphatic rings. The summed E-state index contributed by atoms with van der Waals surface area (Å²) < 4.78 is 5.39. The maximum absolute atomic E-state index is 12.1. The van der Waals surface area contributed by atoms with E-state index in [9.17, 15) is 4.79 Å². The van der Waals surface area contributed by atoms with Gasteiger partial charge in [0.25, 0.3) is 0 Å². The third-order valence-electron chi connectivity index (χ3n) is 4.07. The van der Waals surface area contributed by atoms with Crippen LogP contribution < -0.4 is 10.6 Å². The Balaban J connectivity index is 0.00000480. The van der Waals surface area contributed by atoms with E-state index in [1.807, 2.05) is 70.2 Å². The lowest BCUT2D eigenvalue weighted by atomic mass is 10.1. The van der Waals surface area contributed by atoms with E-state index in [-0.39, 0.29) is 30.1 Å². The van der Waals surface area contributed by atoms with E-state index >= 15 is 0 Å². The predicted molar refractivity (Wildman–Crippen MR) is 135 cm³/mol. The van der Waals surface area contributed by atoms with Crippen LogP contribution in [0, 0.1) is 0 Å². The third-order valence-corrected chi connectivity index (χ3v) is 4.07. The number of hydrogen-bond donors (Lipinski definition) is 2. The molecular weight excluding hydrogens is 505 g/mol. The summed E-state index contributed by atoms with van der Waals surface area (Å²) in [7, 11) is 1.74. The molecule has 0 fully saturated rings. The van der Waals surface area contributed by atoms with Crippen LogP contribution in [0.2, 0.25) is 0 Å². The molecule has 2 N–H and O–H groups in total. The number of aliphatic imine (C=N–C) groups is 1. The number of carbonyl (C=O) groups excluding carboxylic acids is 1. The maximum atomic E-state index is 12.1. The van der Waals surface area contributed by atoms with Gasteiger partial charge in [0.2, 0.25) is 0 Å². The largest absolute Gasteiger partial charge is 0.444 e. The highest BCUT2D eigenvalue weighted by atomic mass is 127. The lowest BCUT2D eigenvalue weighted by Gasteiger charge is -2.24. The van der Waals surface area contributed by atoms with E-state index in [2.05, 4.69) is 20.6 Å². The lowest BCUT2D eigenvalue weighted by molar-refractivity contribution is 0.0285. The van der Waals surface area contributed by atoms with Crippen molar-refractivity contribution in [3.05, 3.63) is 65.5 Å². The molecule has 2 aromatic rings. The van der Waals surface area contributed by atoms with Crippen LogP contribution in [0.25, 0.3) is 0 Å². The summed E-state index contributed by atoms with van der Waals surface area (Å²) in [6.07, 6.45) is 1.45. The summed E-state index contributed by atoms with van der Waals surface area (Å²) in [5.41, 5.74) is 2.59. The molecule has 0 saturated heterocycles. The molecule has 0 bridgehead atoms. The van der Waals surface area contributed by atoms with Crippen molar-refractivity contribution in [3.8, 4) is 0 Å². The van der Waals surface area contributed by atoms with Crippen LogP contribution in [0.4, 0.5) is 4.79 Å². The molecule has 0 atom stereocenters. The first-order valence-corrected chi connectivity index (χ1v) is 10.2. The van der Waals surface area contributed by atoms with Crippen molar-refractivity contribution in [2.75, 3.05) is 13.6 Å². The van der Waals surface area contributed by atoms with Gasteiger partial charge in [-0.15, -0.1) is 24.0 Å². The lowest BCUT2D eigenvalue weighted by Crippen LogP contribution is -2.37. The van der Waals surface area contributed by atoms with Crippen molar-refractivity contribution in [1.82, 2.24) is 20.5 Å². The number of rotatable bonds is 7. The second-order valence-electron chi connectivity index (χ2n) is 8.02. The second kappa shape index (κ2) is 13.1. The highest BCUT2D eigenvalue weighted by molar-refractivity contribution is 14.0. The number of carbonyl (C=O) groups is 1. The van der Waals surface area contributed by atoms with Crippen molar-refractivity contribution in [3.63, 3.8) is 0 Å². The fourth-order valence-electron chi connectivity index (χ4n) is 2.62. The number of pyridine rings is 1. The number of nitrogens with one attached hydrogen (secondary N) is 2. The normalized spacial score (nSPS) is 11.3. The van der Waals surface area contributed by atoms with Gasteiger partial charge in [-0.3, -0.25) is 4.98 Å². The molecule has 7 nitrogen and oxygen atoms in total. The van der Waals surface area contributed by atoms with E-state index in [0.29, 0.717) is 19.6 Å². The van der Waals surface area contributed by atoms with Crippen LogP contribution in [0.15, 0.2) is 53.7 Å². The van der Waals surface area contributed by atoms with E-state index in [0.717, 1.165) is 29.3 Å². The monoisotopic (exact) mass is 539 g/mol. The van der Waals surface area contributed by atoms with Crippen LogP contribution in [0.5, 0.6) is 0 Å². The average molecular weight is 539 g/mol. The molecule has 0 spiro atoms. The van der Waals surface area contributed by atoms with E-state index in [1.165, 1.54) is 0 Å². The zero-order chi connectivity index (χ0) is 22.0. The first-order valence-electron chi connectivity index (χ1n) is 10.2. The van der Waals surface area contributed by atoms with Gasteiger partial charge in [0.15, 0.2) is 5.96 Å². The number of aromatic nitrogens is 1. The summed E-state index contributed by atoms with van der Waals surface area (Å²) >= 11 is 0. The van der Waals surface area contributed by atoms with E-state index in [1.54, 1.807) is 18.1 Å².